The van der Waals surface area contributed by atoms with Crippen molar-refractivity contribution >= 4 is 33.9 Å². The number of benzene rings is 1. The summed E-state index contributed by atoms with van der Waals surface area (Å²) in [5.41, 5.74) is 2.58. The number of aliphatic hydroxyl groups is 1. The predicted octanol–water partition coefficient (Wildman–Crippen LogP) is 4.54. The summed E-state index contributed by atoms with van der Waals surface area (Å²) in [5, 5.41) is 15.7. The van der Waals surface area contributed by atoms with Crippen LogP contribution >= 0.6 is 22.9 Å². The summed E-state index contributed by atoms with van der Waals surface area (Å²) in [6, 6.07) is 7.40. The summed E-state index contributed by atoms with van der Waals surface area (Å²) in [6.45, 7) is 1.98. The van der Waals surface area contributed by atoms with Crippen LogP contribution in [0.5, 0.6) is 0 Å². The molecule has 0 fully saturated rings. The van der Waals surface area contributed by atoms with Crippen molar-refractivity contribution in [3.63, 3.8) is 0 Å². The van der Waals surface area contributed by atoms with E-state index in [1.54, 1.807) is 17.4 Å². The number of thiophene rings is 1. The van der Waals surface area contributed by atoms with Crippen molar-refractivity contribution in [1.29, 1.82) is 0 Å². The van der Waals surface area contributed by atoms with Crippen molar-refractivity contribution in [1.82, 2.24) is 0 Å². The van der Waals surface area contributed by atoms with Gasteiger partial charge < -0.3 is 9.52 Å². The summed E-state index contributed by atoms with van der Waals surface area (Å²) in [5.74, 6) is 0.527. The van der Waals surface area contributed by atoms with Gasteiger partial charge in [-0.15, -0.1) is 0 Å². The molecule has 3 aromatic rings. The molecule has 0 amide bonds. The lowest BCUT2D eigenvalue weighted by atomic mass is 10.1. The second-order valence-corrected chi connectivity index (χ2v) is 5.37. The van der Waals surface area contributed by atoms with Gasteiger partial charge in [0, 0.05) is 10.9 Å². The minimum Gasteiger partial charge on any atom is -0.456 e. The van der Waals surface area contributed by atoms with Gasteiger partial charge >= 0.3 is 0 Å². The Bertz CT molecular complexity index is 699. The van der Waals surface area contributed by atoms with E-state index in [0.717, 1.165) is 16.5 Å². The molecule has 3 rings (SSSR count). The first kappa shape index (κ1) is 11.8. The summed E-state index contributed by atoms with van der Waals surface area (Å²) in [7, 11) is 0. The lowest BCUT2D eigenvalue weighted by Crippen LogP contribution is -1.97. The van der Waals surface area contributed by atoms with Crippen molar-refractivity contribution < 1.29 is 9.52 Å². The minimum absolute atomic E-state index is 0.527. The number of aliphatic hydroxyl groups excluding tert-OH is 1. The first-order valence-corrected chi connectivity index (χ1v) is 6.87. The minimum atomic E-state index is -0.736. The highest BCUT2D eigenvalue weighted by atomic mass is 35.5. The Hall–Kier alpha value is -1.29. The summed E-state index contributed by atoms with van der Waals surface area (Å²) >= 11 is 7.63. The summed E-state index contributed by atoms with van der Waals surface area (Å²) < 4.78 is 5.66. The van der Waals surface area contributed by atoms with E-state index >= 15 is 0 Å². The lowest BCUT2D eigenvalue weighted by Gasteiger charge is -2.06. The van der Waals surface area contributed by atoms with Gasteiger partial charge in [0.1, 0.15) is 11.9 Å². The van der Waals surface area contributed by atoms with E-state index in [-0.39, 0.29) is 0 Å². The predicted molar refractivity (Wildman–Crippen MR) is 74.3 cm³/mol. The summed E-state index contributed by atoms with van der Waals surface area (Å²) in [4.78, 5) is 0. The molecule has 0 radical (unpaired) electrons. The average molecular weight is 279 g/mol. The van der Waals surface area contributed by atoms with Gasteiger partial charge in [0.25, 0.3) is 0 Å². The lowest BCUT2D eigenvalue weighted by molar-refractivity contribution is 0.192. The molecule has 4 heteroatoms. The SMILES string of the molecule is Cc1cscc1C(O)c1cc2cccc(Cl)c2o1. The third-order valence-corrected chi connectivity index (χ3v) is 4.15. The molecule has 1 unspecified atom stereocenters. The van der Waals surface area contributed by atoms with Crippen molar-refractivity contribution in [3.05, 3.63) is 56.9 Å². The molecular weight excluding hydrogens is 268 g/mol. The number of hydrogen-bond donors (Lipinski definition) is 1. The Morgan fingerprint density at radius 2 is 2.17 bits per heavy atom. The maximum absolute atomic E-state index is 10.3. The van der Waals surface area contributed by atoms with Gasteiger partial charge in [-0.05, 0) is 35.4 Å². The van der Waals surface area contributed by atoms with Crippen LogP contribution in [0.1, 0.15) is 23.0 Å². The van der Waals surface area contributed by atoms with Gasteiger partial charge in [-0.25, -0.2) is 0 Å². The highest BCUT2D eigenvalue weighted by Gasteiger charge is 2.18. The number of aryl methyl sites for hydroxylation is 1. The molecule has 0 aliphatic carbocycles. The smallest absolute Gasteiger partial charge is 0.153 e. The monoisotopic (exact) mass is 278 g/mol. The standard InChI is InChI=1S/C14H11ClO2S/c1-8-6-18-7-10(8)13(16)12-5-9-3-2-4-11(15)14(9)17-12/h2-7,13,16H,1H3. The third-order valence-electron chi connectivity index (χ3n) is 2.97. The van der Waals surface area contributed by atoms with Crippen molar-refractivity contribution in [3.8, 4) is 0 Å². The van der Waals surface area contributed by atoms with Gasteiger partial charge in [0.2, 0.25) is 0 Å². The summed E-state index contributed by atoms with van der Waals surface area (Å²) in [6.07, 6.45) is -0.736. The topological polar surface area (TPSA) is 33.4 Å². The van der Waals surface area contributed by atoms with Crippen LogP contribution in [0, 0.1) is 6.92 Å². The fourth-order valence-corrected chi connectivity index (χ4v) is 3.08. The average Bonchev–Trinajstić information content (AvgIpc) is 2.95. The van der Waals surface area contributed by atoms with E-state index in [1.807, 2.05) is 35.9 Å². The van der Waals surface area contributed by atoms with Gasteiger partial charge in [-0.2, -0.15) is 11.3 Å². The normalized spacial score (nSPS) is 13.1. The molecule has 2 nitrogen and oxygen atoms in total. The number of fused-ring (bicyclic) bond motifs is 1. The molecule has 0 saturated carbocycles. The van der Waals surface area contributed by atoms with Crippen LogP contribution in [0.25, 0.3) is 11.0 Å². The van der Waals surface area contributed by atoms with E-state index in [9.17, 15) is 5.11 Å². The molecule has 0 saturated heterocycles. The van der Waals surface area contributed by atoms with E-state index < -0.39 is 6.10 Å². The molecule has 18 heavy (non-hydrogen) atoms. The fraction of sp³-hybridized carbons (Fsp3) is 0.143. The van der Waals surface area contributed by atoms with Crippen LogP contribution in [-0.4, -0.2) is 5.11 Å². The zero-order valence-corrected chi connectivity index (χ0v) is 11.3. The first-order chi connectivity index (χ1) is 8.66. The zero-order valence-electron chi connectivity index (χ0n) is 9.68. The molecule has 0 bridgehead atoms. The molecule has 0 spiro atoms. The van der Waals surface area contributed by atoms with Crippen molar-refractivity contribution in [2.24, 2.45) is 0 Å². The van der Waals surface area contributed by atoms with E-state index in [1.165, 1.54) is 0 Å². The quantitative estimate of drug-likeness (QED) is 0.747. The van der Waals surface area contributed by atoms with Crippen LogP contribution in [0.2, 0.25) is 5.02 Å². The third kappa shape index (κ3) is 1.85. The number of para-hydroxylation sites is 1. The van der Waals surface area contributed by atoms with Crippen molar-refractivity contribution in [2.75, 3.05) is 0 Å². The second-order valence-electron chi connectivity index (χ2n) is 4.22. The van der Waals surface area contributed by atoms with Gasteiger partial charge in [-0.1, -0.05) is 23.7 Å². The second kappa shape index (κ2) is 4.43. The molecule has 2 heterocycles. The van der Waals surface area contributed by atoms with Crippen LogP contribution in [-0.2, 0) is 0 Å². The molecule has 0 aliphatic heterocycles. The molecular formula is C14H11ClO2S. The Morgan fingerprint density at radius 3 is 2.83 bits per heavy atom. The molecule has 0 aliphatic rings. The van der Waals surface area contributed by atoms with Gasteiger partial charge in [0.05, 0.1) is 5.02 Å². The van der Waals surface area contributed by atoms with Gasteiger partial charge in [0.15, 0.2) is 5.58 Å². The first-order valence-electron chi connectivity index (χ1n) is 5.55. The largest absolute Gasteiger partial charge is 0.456 e. The Morgan fingerprint density at radius 1 is 1.33 bits per heavy atom. The molecule has 92 valence electrons. The van der Waals surface area contributed by atoms with Crippen LogP contribution in [0.3, 0.4) is 0 Å². The molecule has 1 N–H and O–H groups in total. The molecule has 1 atom stereocenters. The number of halogens is 1. The van der Waals surface area contributed by atoms with E-state index in [4.69, 9.17) is 16.0 Å². The Balaban J connectivity index is 2.10. The Labute approximate surface area is 113 Å². The van der Waals surface area contributed by atoms with Crippen molar-refractivity contribution in [2.45, 2.75) is 13.0 Å². The van der Waals surface area contributed by atoms with E-state index in [2.05, 4.69) is 0 Å². The zero-order chi connectivity index (χ0) is 12.7. The maximum atomic E-state index is 10.3. The molecule has 1 aromatic carbocycles. The Kier molecular flexibility index (Phi) is 2.90. The van der Waals surface area contributed by atoms with Crippen LogP contribution < -0.4 is 0 Å². The van der Waals surface area contributed by atoms with Crippen LogP contribution in [0.4, 0.5) is 0 Å². The maximum Gasteiger partial charge on any atom is 0.153 e. The highest BCUT2D eigenvalue weighted by molar-refractivity contribution is 7.08. The van der Waals surface area contributed by atoms with Crippen LogP contribution in [0.15, 0.2) is 39.4 Å². The van der Waals surface area contributed by atoms with E-state index in [0.29, 0.717) is 16.4 Å². The number of rotatable bonds is 2. The number of furan rings is 1. The van der Waals surface area contributed by atoms with Gasteiger partial charge in [-0.3, -0.25) is 0 Å². The number of hydrogen-bond acceptors (Lipinski definition) is 3. The molecule has 2 aromatic heterocycles. The highest BCUT2D eigenvalue weighted by Crippen LogP contribution is 2.33. The fourth-order valence-electron chi connectivity index (χ4n) is 1.99.